The number of benzene rings is 1. The highest BCUT2D eigenvalue weighted by molar-refractivity contribution is 5.97. The molecule has 1 aromatic carbocycles. The number of aliphatic hydroxyl groups excluding tert-OH is 1. The maximum Gasteiger partial charge on any atom is 0.287 e. The van der Waals surface area contributed by atoms with E-state index in [2.05, 4.69) is 25.4 Å². The summed E-state index contributed by atoms with van der Waals surface area (Å²) in [5.74, 6) is -1.09. The topological polar surface area (TPSA) is 156 Å². The molecule has 0 unspecified atom stereocenters. The predicted octanol–water partition coefficient (Wildman–Crippen LogP) is 0.602. The number of nitrogens with zero attached hydrogens (tertiary/aromatic N) is 3. The van der Waals surface area contributed by atoms with Gasteiger partial charge in [0.25, 0.3) is 11.8 Å². The molecule has 0 fully saturated rings. The number of carbonyl (C=O) groups excluding carboxylic acids is 1. The number of aromatic nitrogens is 2. The van der Waals surface area contributed by atoms with Crippen LogP contribution in [0.5, 0.6) is 5.88 Å². The molecule has 28 heavy (non-hydrogen) atoms. The van der Waals surface area contributed by atoms with Crippen molar-refractivity contribution in [3.05, 3.63) is 40.8 Å². The van der Waals surface area contributed by atoms with Crippen LogP contribution in [0.25, 0.3) is 0 Å². The van der Waals surface area contributed by atoms with Gasteiger partial charge in [-0.15, -0.1) is 0 Å². The van der Waals surface area contributed by atoms with Gasteiger partial charge in [0.05, 0.1) is 6.61 Å². The Labute approximate surface area is 161 Å². The molecular weight excluding hydrogens is 373 g/mol. The number of oxime groups is 1. The average molecular weight is 397 g/mol. The van der Waals surface area contributed by atoms with Crippen LogP contribution in [0.2, 0.25) is 0 Å². The van der Waals surface area contributed by atoms with Crippen molar-refractivity contribution >= 4 is 11.7 Å². The van der Waals surface area contributed by atoms with Gasteiger partial charge in [-0.05, 0) is 46.4 Å². The number of hydrogen-bond acceptors (Lipinski definition) is 8. The summed E-state index contributed by atoms with van der Waals surface area (Å²) in [5.41, 5.74) is 7.65. The molecular formula is C17H24FN5O5. The van der Waals surface area contributed by atoms with Crippen LogP contribution in [-0.4, -0.2) is 52.1 Å². The van der Waals surface area contributed by atoms with Crippen LogP contribution >= 0.6 is 0 Å². The van der Waals surface area contributed by atoms with E-state index >= 15 is 0 Å². The monoisotopic (exact) mass is 397 g/mol. The first-order valence-electron chi connectivity index (χ1n) is 8.63. The van der Waals surface area contributed by atoms with Crippen LogP contribution in [0.15, 0.2) is 28.0 Å². The Morgan fingerprint density at radius 2 is 2.07 bits per heavy atom. The molecule has 2 aromatic rings. The van der Waals surface area contributed by atoms with Crippen LogP contribution in [0.4, 0.5) is 4.39 Å². The van der Waals surface area contributed by atoms with Gasteiger partial charge in [-0.2, -0.15) is 0 Å². The third-order valence-electron chi connectivity index (χ3n) is 3.41. The minimum absolute atomic E-state index is 0.103. The van der Waals surface area contributed by atoms with Crippen LogP contribution in [0.3, 0.4) is 0 Å². The molecule has 5 N–H and O–H groups in total. The van der Waals surface area contributed by atoms with E-state index in [0.29, 0.717) is 0 Å². The maximum absolute atomic E-state index is 12.4. The molecule has 0 radical (unpaired) electrons. The minimum Gasteiger partial charge on any atom is -0.464 e. The predicted molar refractivity (Wildman–Crippen MR) is 97.6 cm³/mol. The van der Waals surface area contributed by atoms with Crippen molar-refractivity contribution in [3.8, 4) is 5.88 Å². The Bertz CT molecular complexity index is 781. The molecule has 11 heteroatoms. The van der Waals surface area contributed by atoms with Gasteiger partial charge >= 0.3 is 0 Å². The van der Waals surface area contributed by atoms with E-state index in [1.54, 1.807) is 6.07 Å². The summed E-state index contributed by atoms with van der Waals surface area (Å²) in [6.07, 6.45) is 2.20. The first kappa shape index (κ1) is 22.8. The van der Waals surface area contributed by atoms with Crippen LogP contribution in [0.1, 0.15) is 30.7 Å². The Morgan fingerprint density at radius 3 is 2.61 bits per heavy atom. The number of amides is 1. The van der Waals surface area contributed by atoms with Gasteiger partial charge < -0.3 is 26.1 Å². The number of nitrogens with two attached hydrogens (primary N) is 1. The summed E-state index contributed by atoms with van der Waals surface area (Å²) in [7, 11) is 0. The van der Waals surface area contributed by atoms with E-state index in [9.17, 15) is 9.18 Å². The van der Waals surface area contributed by atoms with Crippen molar-refractivity contribution in [2.45, 2.75) is 26.7 Å². The van der Waals surface area contributed by atoms with Gasteiger partial charge in [-0.3, -0.25) is 4.79 Å². The molecule has 0 bridgehead atoms. The Morgan fingerprint density at radius 1 is 1.36 bits per heavy atom. The van der Waals surface area contributed by atoms with E-state index in [1.165, 1.54) is 17.2 Å². The number of carbonyl (C=O) groups is 1. The van der Waals surface area contributed by atoms with Crippen molar-refractivity contribution in [1.82, 2.24) is 15.6 Å². The van der Waals surface area contributed by atoms with E-state index < -0.39 is 5.91 Å². The molecule has 1 aliphatic carbocycles. The van der Waals surface area contributed by atoms with Gasteiger partial charge in [-0.1, -0.05) is 25.1 Å². The highest BCUT2D eigenvalue weighted by atomic mass is 19.1. The lowest BCUT2D eigenvalue weighted by Crippen LogP contribution is -2.31. The van der Waals surface area contributed by atoms with Crippen molar-refractivity contribution in [2.24, 2.45) is 10.9 Å². The van der Waals surface area contributed by atoms with E-state index in [-0.39, 0.29) is 43.0 Å². The minimum atomic E-state index is -0.465. The highest BCUT2D eigenvalue weighted by Crippen LogP contribution is 2.22. The largest absolute Gasteiger partial charge is 0.464 e. The standard InChI is InChI=1S/C8H7F.C7H11N5O5.C2H6/c9-8-4-3-6-1-2-7(6)5-8;8-6(10-15)5-7(12-17-11-5)16-3-4(14)9-1-2-13;1-2/h3-5H,1-2H2;13,15H,1-3H2,(H2,8,10)(H,9,14);1-2H3. The summed E-state index contributed by atoms with van der Waals surface area (Å²) < 4.78 is 21.6. The lowest BCUT2D eigenvalue weighted by Gasteiger charge is -2.17. The Kier molecular flexibility index (Phi) is 9.97. The zero-order valence-corrected chi connectivity index (χ0v) is 15.7. The molecule has 0 atom stereocenters. The smallest absolute Gasteiger partial charge is 0.287 e. The number of nitrogens with one attached hydrogen (secondary N) is 1. The highest BCUT2D eigenvalue weighted by Gasteiger charge is 2.17. The van der Waals surface area contributed by atoms with Crippen LogP contribution < -0.4 is 15.8 Å². The second-order valence-corrected chi connectivity index (χ2v) is 5.18. The van der Waals surface area contributed by atoms with Gasteiger partial charge in [0.15, 0.2) is 12.4 Å². The van der Waals surface area contributed by atoms with Crippen molar-refractivity contribution in [1.29, 1.82) is 0 Å². The number of hydrogen-bond donors (Lipinski definition) is 4. The lowest BCUT2D eigenvalue weighted by molar-refractivity contribution is -0.123. The molecule has 0 spiro atoms. The number of ether oxygens (including phenoxy) is 1. The third-order valence-corrected chi connectivity index (χ3v) is 3.41. The molecule has 1 amide bonds. The van der Waals surface area contributed by atoms with Gasteiger partial charge in [-0.25, -0.2) is 9.02 Å². The van der Waals surface area contributed by atoms with E-state index in [0.717, 1.165) is 12.8 Å². The number of aryl methyl sites for hydroxylation is 2. The second-order valence-electron chi connectivity index (χ2n) is 5.18. The molecule has 0 aliphatic heterocycles. The summed E-state index contributed by atoms with van der Waals surface area (Å²) in [6, 6.07) is 5.02. The molecule has 10 nitrogen and oxygen atoms in total. The quantitative estimate of drug-likeness (QED) is 0.239. The third kappa shape index (κ3) is 6.83. The zero-order chi connectivity index (χ0) is 20.9. The number of amidine groups is 1. The average Bonchev–Trinajstić information content (AvgIpc) is 3.17. The molecule has 3 rings (SSSR count). The van der Waals surface area contributed by atoms with Crippen LogP contribution in [-0.2, 0) is 17.6 Å². The number of fused-ring (bicyclic) bond motifs is 1. The van der Waals surface area contributed by atoms with E-state index in [4.69, 9.17) is 20.8 Å². The molecule has 1 heterocycles. The first-order chi connectivity index (χ1) is 13.5. The summed E-state index contributed by atoms with van der Waals surface area (Å²) in [4.78, 5) is 11.1. The Hall–Kier alpha value is -3.21. The SMILES string of the molecule is CC.Fc1ccc2c(c1)CC2.N/C(=N\O)c1nonc1OCC(=O)NCCO. The summed E-state index contributed by atoms with van der Waals surface area (Å²) in [6.45, 7) is 3.58. The Balaban J connectivity index is 0.000000295. The van der Waals surface area contributed by atoms with Crippen molar-refractivity contribution < 1.29 is 28.9 Å². The fraction of sp³-hybridized carbons (Fsp3) is 0.412. The van der Waals surface area contributed by atoms with Crippen molar-refractivity contribution in [3.63, 3.8) is 0 Å². The van der Waals surface area contributed by atoms with E-state index in [1.807, 2.05) is 19.9 Å². The molecule has 0 saturated heterocycles. The molecule has 1 aliphatic rings. The summed E-state index contributed by atoms with van der Waals surface area (Å²) in [5, 5.41) is 28.6. The molecule has 0 saturated carbocycles. The molecule has 154 valence electrons. The molecule has 1 aromatic heterocycles. The number of aliphatic hydroxyl groups is 1. The van der Waals surface area contributed by atoms with Crippen LogP contribution in [0, 0.1) is 5.82 Å². The second kappa shape index (κ2) is 12.2. The normalized spacial score (nSPS) is 11.6. The summed E-state index contributed by atoms with van der Waals surface area (Å²) >= 11 is 0. The number of halogens is 1. The van der Waals surface area contributed by atoms with Gasteiger partial charge in [0.1, 0.15) is 5.82 Å². The number of rotatable bonds is 6. The first-order valence-corrected chi connectivity index (χ1v) is 8.63. The fourth-order valence-electron chi connectivity index (χ4n) is 2.02. The fourth-order valence-corrected chi connectivity index (χ4v) is 2.02. The van der Waals surface area contributed by atoms with Gasteiger partial charge in [0.2, 0.25) is 5.69 Å². The maximum atomic E-state index is 12.4. The lowest BCUT2D eigenvalue weighted by atomic mass is 9.89. The van der Waals surface area contributed by atoms with Gasteiger partial charge in [0, 0.05) is 6.54 Å². The van der Waals surface area contributed by atoms with Crippen molar-refractivity contribution in [2.75, 3.05) is 19.8 Å². The zero-order valence-electron chi connectivity index (χ0n) is 15.7.